The molecular weight excluding hydrogens is 416 g/mol. The van der Waals surface area contributed by atoms with Crippen LogP contribution in [0.5, 0.6) is 17.2 Å². The fourth-order valence-electron chi connectivity index (χ4n) is 3.26. The van der Waals surface area contributed by atoms with E-state index in [0.29, 0.717) is 12.4 Å². The Morgan fingerprint density at radius 3 is 2.27 bits per heavy atom. The van der Waals surface area contributed by atoms with Crippen LogP contribution in [0, 0.1) is 0 Å². The van der Waals surface area contributed by atoms with Crippen LogP contribution in [0.4, 0.5) is 0 Å². The van der Waals surface area contributed by atoms with Gasteiger partial charge in [-0.2, -0.15) is 5.10 Å². The summed E-state index contributed by atoms with van der Waals surface area (Å²) in [6.07, 6.45) is 1.57. The van der Waals surface area contributed by atoms with Crippen molar-refractivity contribution in [3.63, 3.8) is 0 Å². The molecule has 0 radical (unpaired) electrons. The zero-order valence-electron chi connectivity index (χ0n) is 18.2. The third kappa shape index (κ3) is 6.11. The van der Waals surface area contributed by atoms with Gasteiger partial charge in [-0.05, 0) is 70.4 Å². The van der Waals surface area contributed by atoms with E-state index in [4.69, 9.17) is 14.2 Å². The van der Waals surface area contributed by atoms with Crippen molar-refractivity contribution in [1.82, 2.24) is 5.43 Å². The molecule has 0 unspecified atom stereocenters. The molecule has 33 heavy (non-hydrogen) atoms. The number of benzene rings is 4. The molecule has 0 aliphatic rings. The number of ether oxygens (including phenoxy) is 3. The molecule has 0 aliphatic carbocycles. The summed E-state index contributed by atoms with van der Waals surface area (Å²) in [5.41, 5.74) is 4.43. The smallest absolute Gasteiger partial charge is 0.277 e. The first-order valence-corrected chi connectivity index (χ1v) is 10.5. The van der Waals surface area contributed by atoms with Gasteiger partial charge in [-0.15, -0.1) is 0 Å². The molecule has 4 aromatic rings. The van der Waals surface area contributed by atoms with Crippen molar-refractivity contribution in [2.45, 2.75) is 6.61 Å². The van der Waals surface area contributed by atoms with Crippen LogP contribution < -0.4 is 19.6 Å². The van der Waals surface area contributed by atoms with Crippen molar-refractivity contribution in [3.8, 4) is 17.2 Å². The van der Waals surface area contributed by atoms with Gasteiger partial charge in [0.25, 0.3) is 5.91 Å². The van der Waals surface area contributed by atoms with Gasteiger partial charge in [0, 0.05) is 0 Å². The second-order valence-electron chi connectivity index (χ2n) is 7.25. The summed E-state index contributed by atoms with van der Waals surface area (Å²) >= 11 is 0. The monoisotopic (exact) mass is 440 g/mol. The molecule has 1 N–H and O–H groups in total. The van der Waals surface area contributed by atoms with E-state index in [-0.39, 0.29) is 12.5 Å². The molecule has 0 aliphatic heterocycles. The molecule has 4 rings (SSSR count). The van der Waals surface area contributed by atoms with Crippen LogP contribution in [-0.2, 0) is 11.4 Å². The average molecular weight is 440 g/mol. The van der Waals surface area contributed by atoms with E-state index in [0.717, 1.165) is 22.6 Å². The highest BCUT2D eigenvalue weighted by Gasteiger charge is 2.03. The second-order valence-corrected chi connectivity index (χ2v) is 7.25. The fourth-order valence-corrected chi connectivity index (χ4v) is 3.26. The number of hydrazone groups is 1. The number of hydrogen-bond acceptors (Lipinski definition) is 5. The van der Waals surface area contributed by atoms with Crippen LogP contribution >= 0.6 is 0 Å². The average Bonchev–Trinajstić information content (AvgIpc) is 2.87. The summed E-state index contributed by atoms with van der Waals surface area (Å²) < 4.78 is 16.5. The first-order valence-electron chi connectivity index (χ1n) is 10.5. The maximum Gasteiger partial charge on any atom is 0.277 e. The Morgan fingerprint density at radius 2 is 1.48 bits per heavy atom. The number of carbonyl (C=O) groups excluding carboxylic acids is 1. The van der Waals surface area contributed by atoms with E-state index < -0.39 is 0 Å². The summed E-state index contributed by atoms with van der Waals surface area (Å²) in [7, 11) is 1.59. The highest BCUT2D eigenvalue weighted by molar-refractivity contribution is 5.85. The highest BCUT2D eigenvalue weighted by atomic mass is 16.5. The largest absolute Gasteiger partial charge is 0.497 e. The normalized spacial score (nSPS) is 10.8. The number of fused-ring (bicyclic) bond motifs is 1. The Morgan fingerprint density at radius 1 is 0.818 bits per heavy atom. The van der Waals surface area contributed by atoms with Crippen LogP contribution in [0.1, 0.15) is 11.1 Å². The maximum absolute atomic E-state index is 11.9. The molecule has 0 aromatic heterocycles. The van der Waals surface area contributed by atoms with Gasteiger partial charge in [0.15, 0.2) is 6.61 Å². The fraction of sp³-hybridized carbons (Fsp3) is 0.111. The maximum atomic E-state index is 11.9. The van der Waals surface area contributed by atoms with E-state index in [2.05, 4.69) is 34.8 Å². The van der Waals surface area contributed by atoms with E-state index >= 15 is 0 Å². The van der Waals surface area contributed by atoms with Crippen LogP contribution in [0.25, 0.3) is 10.8 Å². The molecule has 6 heteroatoms. The van der Waals surface area contributed by atoms with Gasteiger partial charge in [-0.1, -0.05) is 42.5 Å². The van der Waals surface area contributed by atoms with Crippen LogP contribution in [-0.4, -0.2) is 25.8 Å². The summed E-state index contributed by atoms with van der Waals surface area (Å²) in [6.45, 7) is 0.351. The summed E-state index contributed by atoms with van der Waals surface area (Å²) in [5, 5.41) is 6.36. The predicted molar refractivity (Wildman–Crippen MR) is 129 cm³/mol. The van der Waals surface area contributed by atoms with Gasteiger partial charge in [0.05, 0.1) is 13.3 Å². The minimum atomic E-state index is -0.350. The third-order valence-corrected chi connectivity index (χ3v) is 4.99. The van der Waals surface area contributed by atoms with Crippen molar-refractivity contribution >= 4 is 22.9 Å². The molecule has 0 spiro atoms. The van der Waals surface area contributed by atoms with E-state index in [1.54, 1.807) is 37.6 Å². The van der Waals surface area contributed by atoms with E-state index in [1.807, 2.05) is 42.5 Å². The van der Waals surface area contributed by atoms with Crippen molar-refractivity contribution < 1.29 is 19.0 Å². The Balaban J connectivity index is 1.24. The SMILES string of the molecule is COc1ccc(OCC(=O)N/N=C/c2ccc(OCc3cccc4ccccc34)cc2)cc1. The summed E-state index contributed by atoms with van der Waals surface area (Å²) in [4.78, 5) is 11.9. The number of nitrogens with one attached hydrogen (secondary N) is 1. The third-order valence-electron chi connectivity index (χ3n) is 4.99. The molecule has 1 amide bonds. The number of rotatable bonds is 9. The molecule has 6 nitrogen and oxygen atoms in total. The minimum Gasteiger partial charge on any atom is -0.497 e. The van der Waals surface area contributed by atoms with Gasteiger partial charge in [0.1, 0.15) is 23.9 Å². The van der Waals surface area contributed by atoms with Gasteiger partial charge in [-0.25, -0.2) is 5.43 Å². The lowest BCUT2D eigenvalue weighted by Gasteiger charge is -2.09. The lowest BCUT2D eigenvalue weighted by molar-refractivity contribution is -0.123. The quantitative estimate of drug-likeness (QED) is 0.295. The highest BCUT2D eigenvalue weighted by Crippen LogP contribution is 2.21. The minimum absolute atomic E-state index is 0.134. The molecule has 0 bridgehead atoms. The predicted octanol–water partition coefficient (Wildman–Crippen LogP) is 4.96. The standard InChI is InChI=1S/C27H24N2O4/c1-31-23-13-15-25(16-14-23)33-19-27(30)29-28-17-20-9-11-24(12-10-20)32-18-22-7-4-6-21-5-2-3-8-26(21)22/h2-17H,18-19H2,1H3,(H,29,30)/b28-17+. The first kappa shape index (κ1) is 21.9. The van der Waals surface area contributed by atoms with Crippen LogP contribution in [0.2, 0.25) is 0 Å². The molecular formula is C27H24N2O4. The molecule has 4 aromatic carbocycles. The lowest BCUT2D eigenvalue weighted by Crippen LogP contribution is -2.24. The molecule has 0 atom stereocenters. The van der Waals surface area contributed by atoms with Gasteiger partial charge in [0.2, 0.25) is 0 Å². The number of carbonyl (C=O) groups is 1. The van der Waals surface area contributed by atoms with Crippen molar-refractivity contribution in [1.29, 1.82) is 0 Å². The van der Waals surface area contributed by atoms with Crippen LogP contribution in [0.15, 0.2) is 96.1 Å². The Hall–Kier alpha value is -4.32. The van der Waals surface area contributed by atoms with Crippen molar-refractivity contribution in [3.05, 3.63) is 102 Å². The molecule has 166 valence electrons. The number of nitrogens with zero attached hydrogens (tertiary/aromatic N) is 1. The Kier molecular flexibility index (Phi) is 7.18. The van der Waals surface area contributed by atoms with Gasteiger partial charge in [-0.3, -0.25) is 4.79 Å². The molecule has 0 fully saturated rings. The van der Waals surface area contributed by atoms with E-state index in [1.165, 1.54) is 10.8 Å². The number of hydrogen-bond donors (Lipinski definition) is 1. The summed E-state index contributed by atoms with van der Waals surface area (Å²) in [6, 6.07) is 29.0. The zero-order valence-corrected chi connectivity index (χ0v) is 18.2. The van der Waals surface area contributed by atoms with Gasteiger partial charge >= 0.3 is 0 Å². The molecule has 0 saturated heterocycles. The van der Waals surface area contributed by atoms with E-state index in [9.17, 15) is 4.79 Å². The second kappa shape index (κ2) is 10.8. The van der Waals surface area contributed by atoms with Crippen molar-refractivity contribution in [2.75, 3.05) is 13.7 Å². The Bertz CT molecular complexity index is 1230. The summed E-state index contributed by atoms with van der Waals surface area (Å²) in [5.74, 6) is 1.71. The number of amides is 1. The number of methoxy groups -OCH3 is 1. The van der Waals surface area contributed by atoms with Crippen molar-refractivity contribution in [2.24, 2.45) is 5.10 Å². The van der Waals surface area contributed by atoms with Crippen LogP contribution in [0.3, 0.4) is 0 Å². The van der Waals surface area contributed by atoms with Gasteiger partial charge < -0.3 is 14.2 Å². The molecule has 0 heterocycles. The zero-order chi connectivity index (χ0) is 22.9. The molecule has 0 saturated carbocycles. The first-order chi connectivity index (χ1) is 16.2. The topological polar surface area (TPSA) is 69.2 Å². The Labute approximate surface area is 192 Å². The lowest BCUT2D eigenvalue weighted by atomic mass is 10.1.